The van der Waals surface area contributed by atoms with E-state index in [-0.39, 0.29) is 42.0 Å². The van der Waals surface area contributed by atoms with E-state index in [1.165, 1.54) is 6.07 Å². The predicted molar refractivity (Wildman–Crippen MR) is 135 cm³/mol. The second kappa shape index (κ2) is 9.57. The SMILES string of the molecule is O=C(c1ccnc(C(F)(F)F)c1)C1CC2CCCC(C1)N2C(=O)OCC1c2ccccc2-c2ccccc21. The minimum absolute atomic E-state index is 0.0185. The van der Waals surface area contributed by atoms with E-state index < -0.39 is 17.8 Å². The summed E-state index contributed by atoms with van der Waals surface area (Å²) in [4.78, 5) is 31.7. The van der Waals surface area contributed by atoms with E-state index in [9.17, 15) is 22.8 Å². The van der Waals surface area contributed by atoms with Gasteiger partial charge in [-0.2, -0.15) is 13.2 Å². The summed E-state index contributed by atoms with van der Waals surface area (Å²) in [5, 5.41) is 0. The topological polar surface area (TPSA) is 59.5 Å². The van der Waals surface area contributed by atoms with Crippen LogP contribution in [-0.4, -0.2) is 40.5 Å². The molecule has 1 aromatic heterocycles. The average Bonchev–Trinajstić information content (AvgIpc) is 3.24. The summed E-state index contributed by atoms with van der Waals surface area (Å²) >= 11 is 0. The van der Waals surface area contributed by atoms with E-state index in [2.05, 4.69) is 29.2 Å². The lowest BCUT2D eigenvalue weighted by molar-refractivity contribution is -0.141. The molecule has 1 aliphatic carbocycles. The molecule has 38 heavy (non-hydrogen) atoms. The molecule has 3 heterocycles. The Balaban J connectivity index is 1.16. The summed E-state index contributed by atoms with van der Waals surface area (Å²) < 4.78 is 45.3. The monoisotopic (exact) mass is 520 g/mol. The van der Waals surface area contributed by atoms with Crippen molar-refractivity contribution < 1.29 is 27.5 Å². The molecule has 2 saturated heterocycles. The predicted octanol–water partition coefficient (Wildman–Crippen LogP) is 6.87. The van der Waals surface area contributed by atoms with Crippen LogP contribution in [0.3, 0.4) is 0 Å². The number of Topliss-reactive ketones (excluding diaryl/α,β-unsaturated/α-hetero) is 1. The highest BCUT2D eigenvalue weighted by molar-refractivity contribution is 5.98. The van der Waals surface area contributed by atoms with E-state index in [0.717, 1.165) is 53.8 Å². The number of aromatic nitrogens is 1. The number of carbonyl (C=O) groups is 2. The van der Waals surface area contributed by atoms with Crippen LogP contribution in [0.1, 0.15) is 65.2 Å². The molecule has 2 atom stereocenters. The van der Waals surface area contributed by atoms with Gasteiger partial charge in [0.05, 0.1) is 0 Å². The van der Waals surface area contributed by atoms with Crippen LogP contribution in [0, 0.1) is 5.92 Å². The van der Waals surface area contributed by atoms with Gasteiger partial charge in [0.15, 0.2) is 5.78 Å². The number of alkyl halides is 3. The smallest absolute Gasteiger partial charge is 0.433 e. The van der Waals surface area contributed by atoms with E-state index in [1.54, 1.807) is 4.90 Å². The van der Waals surface area contributed by atoms with Crippen molar-refractivity contribution in [1.82, 2.24) is 9.88 Å². The van der Waals surface area contributed by atoms with E-state index >= 15 is 0 Å². The van der Waals surface area contributed by atoms with Crippen molar-refractivity contribution in [2.24, 2.45) is 5.92 Å². The highest BCUT2D eigenvalue weighted by Crippen LogP contribution is 2.45. The number of piperidine rings is 2. The van der Waals surface area contributed by atoms with Gasteiger partial charge in [-0.3, -0.25) is 9.78 Å². The molecular weight excluding hydrogens is 493 g/mol. The Kier molecular flexibility index (Phi) is 6.20. The highest BCUT2D eigenvalue weighted by atomic mass is 19.4. The molecule has 6 rings (SSSR count). The van der Waals surface area contributed by atoms with E-state index in [0.29, 0.717) is 12.8 Å². The van der Waals surface area contributed by atoms with Crippen molar-refractivity contribution in [3.8, 4) is 11.1 Å². The lowest BCUT2D eigenvalue weighted by Gasteiger charge is -2.47. The number of ketones is 1. The molecule has 0 radical (unpaired) electrons. The summed E-state index contributed by atoms with van der Waals surface area (Å²) in [6.45, 7) is 0.225. The maximum Gasteiger partial charge on any atom is 0.433 e. The Morgan fingerprint density at radius 3 is 2.13 bits per heavy atom. The fourth-order valence-corrected chi connectivity index (χ4v) is 6.54. The number of halogens is 3. The van der Waals surface area contributed by atoms with Crippen molar-refractivity contribution in [2.75, 3.05) is 6.61 Å². The summed E-state index contributed by atoms with van der Waals surface area (Å²) in [5.74, 6) is -0.798. The third-order valence-corrected chi connectivity index (χ3v) is 8.23. The van der Waals surface area contributed by atoms with Crippen molar-refractivity contribution >= 4 is 11.9 Å². The molecule has 2 unspecified atom stereocenters. The van der Waals surface area contributed by atoms with Crippen molar-refractivity contribution in [3.63, 3.8) is 0 Å². The molecule has 0 N–H and O–H groups in total. The number of rotatable bonds is 4. The minimum Gasteiger partial charge on any atom is -0.448 e. The number of fused-ring (bicyclic) bond motifs is 5. The summed E-state index contributed by atoms with van der Waals surface area (Å²) in [6.07, 6.45) is -0.689. The molecular formula is C30H27F3N2O3. The normalized spacial score (nSPS) is 22.5. The number of benzene rings is 2. The van der Waals surface area contributed by atoms with E-state index in [4.69, 9.17) is 4.74 Å². The molecule has 5 nitrogen and oxygen atoms in total. The molecule has 3 aliphatic rings. The summed E-state index contributed by atoms with van der Waals surface area (Å²) in [5.41, 5.74) is 3.54. The second-order valence-electron chi connectivity index (χ2n) is 10.4. The number of hydrogen-bond acceptors (Lipinski definition) is 4. The fourth-order valence-electron chi connectivity index (χ4n) is 6.54. The van der Waals surface area contributed by atoms with Gasteiger partial charge in [0, 0.05) is 35.7 Å². The van der Waals surface area contributed by atoms with Crippen molar-refractivity contribution in [1.29, 1.82) is 0 Å². The first-order chi connectivity index (χ1) is 18.3. The van der Waals surface area contributed by atoms with Crippen LogP contribution < -0.4 is 0 Å². The molecule has 2 aromatic carbocycles. The van der Waals surface area contributed by atoms with Crippen LogP contribution in [0.4, 0.5) is 18.0 Å². The first-order valence-corrected chi connectivity index (χ1v) is 13.0. The van der Waals surface area contributed by atoms with Crippen LogP contribution in [0.5, 0.6) is 0 Å². The standard InChI is InChI=1S/C30H27F3N2O3/c31-30(32,33)27-16-18(12-13-34-27)28(36)19-14-20-6-5-7-21(15-19)35(20)29(37)38-17-26-24-10-3-1-8-22(24)23-9-2-4-11-25(23)26/h1-4,8-13,16,19-21,26H,5-7,14-15,17H2. The third kappa shape index (κ3) is 4.36. The Labute approximate surface area is 218 Å². The maximum absolute atomic E-state index is 13.4. The molecule has 0 saturated carbocycles. The second-order valence-corrected chi connectivity index (χ2v) is 10.4. The maximum atomic E-state index is 13.4. The molecule has 3 aromatic rings. The number of pyridine rings is 1. The lowest BCUT2D eigenvalue weighted by Crippen LogP contribution is -2.55. The van der Waals surface area contributed by atoms with Gasteiger partial charge in [-0.15, -0.1) is 0 Å². The zero-order valence-electron chi connectivity index (χ0n) is 20.7. The van der Waals surface area contributed by atoms with Crippen molar-refractivity contribution in [3.05, 3.63) is 89.2 Å². The third-order valence-electron chi connectivity index (χ3n) is 8.23. The average molecular weight is 521 g/mol. The van der Waals surface area contributed by atoms with Crippen LogP contribution in [0.25, 0.3) is 11.1 Å². The van der Waals surface area contributed by atoms with Crippen molar-refractivity contribution in [2.45, 2.75) is 56.3 Å². The van der Waals surface area contributed by atoms with Crippen LogP contribution in [0.15, 0.2) is 66.9 Å². The Morgan fingerprint density at radius 2 is 1.53 bits per heavy atom. The highest BCUT2D eigenvalue weighted by Gasteiger charge is 2.44. The van der Waals surface area contributed by atoms with Gasteiger partial charge >= 0.3 is 12.3 Å². The number of ether oxygens (including phenoxy) is 1. The van der Waals surface area contributed by atoms with E-state index in [1.807, 2.05) is 24.3 Å². The zero-order chi connectivity index (χ0) is 26.4. The largest absolute Gasteiger partial charge is 0.448 e. The van der Waals surface area contributed by atoms with Gasteiger partial charge in [0.2, 0.25) is 0 Å². The zero-order valence-corrected chi connectivity index (χ0v) is 20.7. The first-order valence-electron chi connectivity index (χ1n) is 13.0. The number of amides is 1. The molecule has 2 bridgehead atoms. The first kappa shape index (κ1) is 24.6. The Hall–Kier alpha value is -3.68. The van der Waals surface area contributed by atoms with Crippen LogP contribution in [-0.2, 0) is 10.9 Å². The Bertz CT molecular complexity index is 1330. The minimum atomic E-state index is -4.61. The van der Waals surface area contributed by atoms with Gasteiger partial charge in [-0.1, -0.05) is 48.5 Å². The Morgan fingerprint density at radius 1 is 0.921 bits per heavy atom. The lowest BCUT2D eigenvalue weighted by atomic mass is 9.76. The van der Waals surface area contributed by atoms with Gasteiger partial charge in [-0.05, 0) is 66.5 Å². The fraction of sp³-hybridized carbons (Fsp3) is 0.367. The van der Waals surface area contributed by atoms with Gasteiger partial charge in [0.25, 0.3) is 0 Å². The molecule has 2 fully saturated rings. The van der Waals surface area contributed by atoms with Crippen LogP contribution in [0.2, 0.25) is 0 Å². The number of carbonyl (C=O) groups excluding carboxylic acids is 2. The summed E-state index contributed by atoms with van der Waals surface area (Å²) in [6, 6.07) is 18.1. The molecule has 8 heteroatoms. The molecule has 2 aliphatic heterocycles. The molecule has 196 valence electrons. The van der Waals surface area contributed by atoms with Gasteiger partial charge < -0.3 is 9.64 Å². The van der Waals surface area contributed by atoms with Crippen LogP contribution >= 0.6 is 0 Å². The number of nitrogens with zero attached hydrogens (tertiary/aromatic N) is 2. The van der Waals surface area contributed by atoms with Gasteiger partial charge in [-0.25, -0.2) is 4.79 Å². The van der Waals surface area contributed by atoms with Gasteiger partial charge in [0.1, 0.15) is 12.3 Å². The quantitative estimate of drug-likeness (QED) is 0.353. The molecule has 1 amide bonds. The molecule has 0 spiro atoms. The summed E-state index contributed by atoms with van der Waals surface area (Å²) in [7, 11) is 0. The number of hydrogen-bond donors (Lipinski definition) is 0.